The van der Waals surface area contributed by atoms with E-state index in [-0.39, 0.29) is 5.60 Å². The predicted octanol–water partition coefficient (Wildman–Crippen LogP) is 4.98. The van der Waals surface area contributed by atoms with E-state index < -0.39 is 0 Å². The second-order valence-electron chi connectivity index (χ2n) is 8.41. The molecular formula is C25H32N2O2. The van der Waals surface area contributed by atoms with Crippen molar-refractivity contribution in [1.82, 2.24) is 9.47 Å². The average Bonchev–Trinajstić information content (AvgIpc) is 3.06. The first-order valence-electron chi connectivity index (χ1n) is 10.6. The Bertz CT molecular complexity index is 977. The van der Waals surface area contributed by atoms with Crippen molar-refractivity contribution in [2.45, 2.75) is 45.4 Å². The second kappa shape index (κ2) is 8.21. The van der Waals surface area contributed by atoms with E-state index in [1.807, 2.05) is 18.2 Å². The predicted molar refractivity (Wildman–Crippen MR) is 119 cm³/mol. The van der Waals surface area contributed by atoms with Crippen LogP contribution in [0.25, 0.3) is 10.9 Å². The Morgan fingerprint density at radius 1 is 1.14 bits per heavy atom. The molecule has 154 valence electrons. The lowest BCUT2D eigenvalue weighted by Gasteiger charge is -2.36. The number of nitrogens with zero attached hydrogens (tertiary/aromatic N) is 2. The van der Waals surface area contributed by atoms with Crippen LogP contribution in [0.2, 0.25) is 0 Å². The lowest BCUT2D eigenvalue weighted by molar-refractivity contribution is -0.0604. The van der Waals surface area contributed by atoms with Gasteiger partial charge in [-0.1, -0.05) is 30.3 Å². The molecule has 0 fully saturated rings. The first kappa shape index (κ1) is 20.0. The Labute approximate surface area is 174 Å². The zero-order valence-corrected chi connectivity index (χ0v) is 18.1. The van der Waals surface area contributed by atoms with E-state index in [1.54, 1.807) is 0 Å². The fraction of sp³-hybridized carbons (Fsp3) is 0.440. The van der Waals surface area contributed by atoms with E-state index in [1.165, 1.54) is 27.7 Å². The van der Waals surface area contributed by atoms with Crippen molar-refractivity contribution in [3.8, 4) is 5.75 Å². The molecule has 4 rings (SSSR count). The maximum Gasteiger partial charge on any atom is 0.120 e. The van der Waals surface area contributed by atoms with Gasteiger partial charge in [-0.2, -0.15) is 0 Å². The highest BCUT2D eigenvalue weighted by atomic mass is 16.5. The van der Waals surface area contributed by atoms with Crippen LogP contribution in [0.4, 0.5) is 0 Å². The summed E-state index contributed by atoms with van der Waals surface area (Å²) in [5.74, 6) is 0.930. The van der Waals surface area contributed by atoms with Crippen LogP contribution in [0.5, 0.6) is 5.75 Å². The van der Waals surface area contributed by atoms with Gasteiger partial charge in [0.25, 0.3) is 0 Å². The number of fused-ring (bicyclic) bond motifs is 3. The molecule has 0 saturated carbocycles. The average molecular weight is 393 g/mol. The maximum atomic E-state index is 6.37. The topological polar surface area (TPSA) is 26.6 Å². The van der Waals surface area contributed by atoms with E-state index in [9.17, 15) is 0 Å². The molecule has 0 radical (unpaired) electrons. The molecule has 1 aromatic heterocycles. The van der Waals surface area contributed by atoms with Crippen molar-refractivity contribution in [2.24, 2.45) is 0 Å². The molecule has 0 N–H and O–H groups in total. The van der Waals surface area contributed by atoms with E-state index in [2.05, 4.69) is 67.7 Å². The van der Waals surface area contributed by atoms with Gasteiger partial charge in [0, 0.05) is 24.0 Å². The monoisotopic (exact) mass is 392 g/mol. The van der Waals surface area contributed by atoms with Crippen LogP contribution in [0.15, 0.2) is 48.5 Å². The van der Waals surface area contributed by atoms with E-state index in [4.69, 9.17) is 9.47 Å². The van der Waals surface area contributed by atoms with Crippen LogP contribution < -0.4 is 4.74 Å². The molecule has 1 atom stereocenters. The molecular weight excluding hydrogens is 360 g/mol. The largest absolute Gasteiger partial charge is 0.489 e. The molecule has 4 heteroatoms. The van der Waals surface area contributed by atoms with E-state index in [0.29, 0.717) is 6.61 Å². The highest BCUT2D eigenvalue weighted by Crippen LogP contribution is 2.42. The second-order valence-corrected chi connectivity index (χ2v) is 8.41. The quantitative estimate of drug-likeness (QED) is 0.567. The smallest absolute Gasteiger partial charge is 0.120 e. The van der Waals surface area contributed by atoms with Crippen molar-refractivity contribution in [3.63, 3.8) is 0 Å². The van der Waals surface area contributed by atoms with E-state index in [0.717, 1.165) is 38.3 Å². The van der Waals surface area contributed by atoms with Crippen LogP contribution in [-0.2, 0) is 29.9 Å². The SMILES string of the molecule is CCn1c2c(c3cc(OCc4ccccc4)ccc31)CCOC2(C)CCN(C)C. The minimum absolute atomic E-state index is 0.252. The zero-order chi connectivity index (χ0) is 20.4. The Morgan fingerprint density at radius 3 is 2.66 bits per heavy atom. The van der Waals surface area contributed by atoms with Gasteiger partial charge >= 0.3 is 0 Å². The molecule has 0 aliphatic carbocycles. The standard InChI is InChI=1S/C25H32N2O2/c1-5-27-23-12-11-20(28-18-19-9-7-6-8-10-19)17-22(23)21-13-16-29-25(2,24(21)27)14-15-26(3)4/h6-12,17H,5,13-16,18H2,1-4H3. The van der Waals surface area contributed by atoms with Gasteiger partial charge in [0.1, 0.15) is 18.0 Å². The fourth-order valence-electron chi connectivity index (χ4n) is 4.49. The molecule has 1 unspecified atom stereocenters. The summed E-state index contributed by atoms with van der Waals surface area (Å²) >= 11 is 0. The van der Waals surface area contributed by atoms with Gasteiger partial charge in [-0.25, -0.2) is 0 Å². The Morgan fingerprint density at radius 2 is 1.93 bits per heavy atom. The van der Waals surface area contributed by atoms with Crippen LogP contribution >= 0.6 is 0 Å². The third-order valence-corrected chi connectivity index (χ3v) is 6.01. The summed E-state index contributed by atoms with van der Waals surface area (Å²) in [6.07, 6.45) is 1.94. The third-order valence-electron chi connectivity index (χ3n) is 6.01. The van der Waals surface area contributed by atoms with Crippen molar-refractivity contribution in [1.29, 1.82) is 0 Å². The minimum Gasteiger partial charge on any atom is -0.489 e. The lowest BCUT2D eigenvalue weighted by atomic mass is 9.89. The first-order chi connectivity index (χ1) is 14.0. The van der Waals surface area contributed by atoms with Crippen molar-refractivity contribution in [3.05, 3.63) is 65.4 Å². The van der Waals surface area contributed by atoms with Crippen LogP contribution in [0.1, 0.15) is 37.1 Å². The lowest BCUT2D eigenvalue weighted by Crippen LogP contribution is -2.37. The van der Waals surface area contributed by atoms with Gasteiger partial charge in [-0.3, -0.25) is 0 Å². The minimum atomic E-state index is -0.252. The summed E-state index contributed by atoms with van der Waals surface area (Å²) in [6, 6.07) is 16.9. The highest BCUT2D eigenvalue weighted by molar-refractivity contribution is 5.87. The zero-order valence-electron chi connectivity index (χ0n) is 18.1. The van der Waals surface area contributed by atoms with Crippen LogP contribution in [0.3, 0.4) is 0 Å². The fourth-order valence-corrected chi connectivity index (χ4v) is 4.49. The molecule has 4 nitrogen and oxygen atoms in total. The Hall–Kier alpha value is -2.30. The number of rotatable bonds is 7. The van der Waals surface area contributed by atoms with E-state index >= 15 is 0 Å². The molecule has 0 saturated heterocycles. The number of ether oxygens (including phenoxy) is 2. The molecule has 0 bridgehead atoms. The van der Waals surface area contributed by atoms with Gasteiger partial charge in [0.2, 0.25) is 0 Å². The van der Waals surface area contributed by atoms with Crippen LogP contribution in [-0.4, -0.2) is 36.7 Å². The summed E-state index contributed by atoms with van der Waals surface area (Å²) < 4.78 is 14.9. The van der Waals surface area contributed by atoms with Gasteiger partial charge in [-0.05, 0) is 70.1 Å². The number of aromatic nitrogens is 1. The summed E-state index contributed by atoms with van der Waals surface area (Å²) in [6.45, 7) is 7.79. The molecule has 3 aromatic rings. The summed E-state index contributed by atoms with van der Waals surface area (Å²) in [7, 11) is 4.25. The molecule has 0 spiro atoms. The van der Waals surface area contributed by atoms with Crippen LogP contribution in [0, 0.1) is 0 Å². The third kappa shape index (κ3) is 3.92. The summed E-state index contributed by atoms with van der Waals surface area (Å²) in [5, 5.41) is 1.31. The molecule has 2 aromatic carbocycles. The Kier molecular flexibility index (Phi) is 5.66. The van der Waals surface area contributed by atoms with Gasteiger partial charge in [0.15, 0.2) is 0 Å². The van der Waals surface area contributed by atoms with Crippen molar-refractivity contribution in [2.75, 3.05) is 27.2 Å². The number of hydrogen-bond acceptors (Lipinski definition) is 3. The van der Waals surface area contributed by atoms with Gasteiger partial charge in [-0.15, -0.1) is 0 Å². The highest BCUT2D eigenvalue weighted by Gasteiger charge is 2.37. The summed E-state index contributed by atoms with van der Waals surface area (Å²) in [5.41, 5.74) is 5.00. The summed E-state index contributed by atoms with van der Waals surface area (Å²) in [4.78, 5) is 2.23. The molecule has 0 amide bonds. The maximum absolute atomic E-state index is 6.37. The molecule has 29 heavy (non-hydrogen) atoms. The number of benzene rings is 2. The molecule has 1 aliphatic rings. The first-order valence-corrected chi connectivity index (χ1v) is 10.6. The Balaban J connectivity index is 1.70. The normalized spacial score (nSPS) is 18.9. The molecule has 1 aliphatic heterocycles. The van der Waals surface area contributed by atoms with Gasteiger partial charge < -0.3 is 18.9 Å². The molecule has 2 heterocycles. The van der Waals surface area contributed by atoms with Crippen molar-refractivity contribution < 1.29 is 9.47 Å². The number of aryl methyl sites for hydroxylation is 1. The number of hydrogen-bond donors (Lipinski definition) is 0. The van der Waals surface area contributed by atoms with Crippen molar-refractivity contribution >= 4 is 10.9 Å². The van der Waals surface area contributed by atoms with Gasteiger partial charge in [0.05, 0.1) is 12.3 Å².